The summed E-state index contributed by atoms with van der Waals surface area (Å²) >= 11 is 0. The van der Waals surface area contributed by atoms with Crippen LogP contribution in [-0.4, -0.2) is 130 Å². The molecule has 5 rings (SSSR count). The van der Waals surface area contributed by atoms with Gasteiger partial charge in [-0.25, -0.2) is 4.99 Å². The highest BCUT2D eigenvalue weighted by Crippen LogP contribution is 2.24. The predicted molar refractivity (Wildman–Crippen MR) is 174 cm³/mol. The zero-order chi connectivity index (χ0) is 29.0. The highest BCUT2D eigenvalue weighted by molar-refractivity contribution is 5.92. The number of morpholine rings is 1. The Hall–Kier alpha value is -1.65. The molecule has 0 amide bonds. The molecule has 1 unspecified atom stereocenters. The summed E-state index contributed by atoms with van der Waals surface area (Å²) in [6.45, 7) is 18.8. The number of hydrogen-bond donors (Lipinski definition) is 3. The van der Waals surface area contributed by atoms with E-state index < -0.39 is 0 Å². The van der Waals surface area contributed by atoms with E-state index in [2.05, 4.69) is 49.3 Å². The van der Waals surface area contributed by atoms with Crippen LogP contribution < -0.4 is 16.4 Å². The van der Waals surface area contributed by atoms with Crippen molar-refractivity contribution in [1.29, 1.82) is 0 Å². The third-order valence-corrected chi connectivity index (χ3v) is 10.3. The van der Waals surface area contributed by atoms with Gasteiger partial charge in [-0.15, -0.1) is 0 Å². The Labute approximate surface area is 255 Å². The third kappa shape index (κ3) is 10.2. The highest BCUT2D eigenvalue weighted by atomic mass is 16.5. The first-order chi connectivity index (χ1) is 20.6. The summed E-state index contributed by atoms with van der Waals surface area (Å²) in [7, 11) is 0. The molecule has 4 aliphatic heterocycles. The average Bonchev–Trinajstić information content (AvgIpc) is 3.03. The number of likely N-dealkylation sites (tertiary alicyclic amines) is 1. The van der Waals surface area contributed by atoms with Crippen molar-refractivity contribution >= 4 is 5.84 Å². The van der Waals surface area contributed by atoms with Crippen LogP contribution in [0.2, 0.25) is 0 Å². The second kappa shape index (κ2) is 17.0. The number of aliphatic imine (C=N–C) groups is 1. The Kier molecular flexibility index (Phi) is 12.9. The molecule has 0 aromatic heterocycles. The van der Waals surface area contributed by atoms with Gasteiger partial charge < -0.3 is 30.9 Å². The van der Waals surface area contributed by atoms with Gasteiger partial charge >= 0.3 is 0 Å². The van der Waals surface area contributed by atoms with Gasteiger partial charge in [-0.2, -0.15) is 0 Å². The van der Waals surface area contributed by atoms with E-state index in [1.165, 1.54) is 83.2 Å². The Bertz CT molecular complexity index is 878. The summed E-state index contributed by atoms with van der Waals surface area (Å²) in [6.07, 6.45) is 16.3. The normalized spacial score (nSPS) is 28.0. The van der Waals surface area contributed by atoms with E-state index in [-0.39, 0.29) is 0 Å². The van der Waals surface area contributed by atoms with Gasteiger partial charge in [0.2, 0.25) is 0 Å². The number of ether oxygens (including phenoxy) is 1. The molecule has 0 radical (unpaired) electrons. The molecule has 238 valence electrons. The molecule has 0 aromatic rings. The van der Waals surface area contributed by atoms with Gasteiger partial charge in [0.15, 0.2) is 0 Å². The molecule has 0 spiro atoms. The van der Waals surface area contributed by atoms with Crippen LogP contribution in [-0.2, 0) is 4.74 Å². The first kappa shape index (κ1) is 31.8. The minimum absolute atomic E-state index is 0.437. The van der Waals surface area contributed by atoms with Gasteiger partial charge in [0.25, 0.3) is 0 Å². The number of hydrogen-bond acceptors (Lipinski definition) is 9. The fraction of sp³-hybridized carbons (Fsp3) is 0.848. The second-order valence-electron chi connectivity index (χ2n) is 13.4. The smallest absolute Gasteiger partial charge is 0.127 e. The molecule has 0 bridgehead atoms. The lowest BCUT2D eigenvalue weighted by atomic mass is 9.95. The summed E-state index contributed by atoms with van der Waals surface area (Å²) in [4.78, 5) is 15.2. The second-order valence-corrected chi connectivity index (χ2v) is 13.4. The van der Waals surface area contributed by atoms with Gasteiger partial charge in [-0.1, -0.05) is 26.2 Å². The maximum atomic E-state index is 6.47. The van der Waals surface area contributed by atoms with Crippen LogP contribution in [0.3, 0.4) is 0 Å². The van der Waals surface area contributed by atoms with Gasteiger partial charge in [-0.05, 0) is 88.7 Å². The molecular formula is C33H60N8O. The molecule has 9 heteroatoms. The largest absolute Gasteiger partial charge is 0.384 e. The number of nitrogens with zero attached hydrogens (tertiary/aromatic N) is 5. The Morgan fingerprint density at radius 3 is 2.29 bits per heavy atom. The van der Waals surface area contributed by atoms with Crippen LogP contribution in [0.5, 0.6) is 0 Å². The molecule has 42 heavy (non-hydrogen) atoms. The minimum Gasteiger partial charge on any atom is -0.384 e. The number of allylic oxidation sites excluding steroid dienone is 2. The number of piperazine rings is 1. The van der Waals surface area contributed by atoms with E-state index >= 15 is 0 Å². The van der Waals surface area contributed by atoms with Crippen molar-refractivity contribution in [2.24, 2.45) is 22.6 Å². The predicted octanol–water partition coefficient (Wildman–Crippen LogP) is 2.67. The number of nitrogens with one attached hydrogen (secondary N) is 2. The zero-order valence-electron chi connectivity index (χ0n) is 26.6. The number of nitrogens with two attached hydrogens (primary N) is 1. The van der Waals surface area contributed by atoms with Crippen molar-refractivity contribution in [3.05, 3.63) is 23.7 Å². The lowest BCUT2D eigenvalue weighted by Crippen LogP contribution is -2.49. The molecule has 1 saturated carbocycles. The lowest BCUT2D eigenvalue weighted by Gasteiger charge is -2.40. The lowest BCUT2D eigenvalue weighted by molar-refractivity contribution is 0.0306. The van der Waals surface area contributed by atoms with Crippen LogP contribution in [0.15, 0.2) is 28.7 Å². The molecule has 4 N–H and O–H groups in total. The molecule has 0 aromatic carbocycles. The van der Waals surface area contributed by atoms with Crippen molar-refractivity contribution < 1.29 is 4.74 Å². The molecule has 1 atom stereocenters. The summed E-state index contributed by atoms with van der Waals surface area (Å²) in [6, 6.07) is 0.784. The van der Waals surface area contributed by atoms with Crippen LogP contribution in [0, 0.1) is 11.8 Å². The summed E-state index contributed by atoms with van der Waals surface area (Å²) in [5.74, 6) is 2.74. The topological polar surface area (TPSA) is 84.6 Å². The molecule has 4 heterocycles. The van der Waals surface area contributed by atoms with Crippen LogP contribution in [0.4, 0.5) is 0 Å². The van der Waals surface area contributed by atoms with E-state index in [1.807, 2.05) is 0 Å². The van der Waals surface area contributed by atoms with Crippen molar-refractivity contribution in [1.82, 2.24) is 30.2 Å². The third-order valence-electron chi connectivity index (χ3n) is 10.3. The maximum Gasteiger partial charge on any atom is 0.127 e. The Morgan fingerprint density at radius 2 is 1.55 bits per heavy atom. The van der Waals surface area contributed by atoms with E-state index in [9.17, 15) is 0 Å². The van der Waals surface area contributed by atoms with Crippen LogP contribution in [0.25, 0.3) is 0 Å². The van der Waals surface area contributed by atoms with Gasteiger partial charge in [0.05, 0.1) is 13.2 Å². The fourth-order valence-corrected chi connectivity index (χ4v) is 7.35. The fourth-order valence-electron chi connectivity index (χ4n) is 7.35. The molecule has 3 saturated heterocycles. The number of piperidine rings is 1. The van der Waals surface area contributed by atoms with E-state index in [4.69, 9.17) is 15.5 Å². The maximum absolute atomic E-state index is 6.47. The summed E-state index contributed by atoms with van der Waals surface area (Å²) in [5.41, 5.74) is 7.82. The average molecular weight is 585 g/mol. The quantitative estimate of drug-likeness (QED) is 0.302. The van der Waals surface area contributed by atoms with Gasteiger partial charge in [0, 0.05) is 70.6 Å². The first-order valence-corrected chi connectivity index (χ1v) is 17.4. The SMILES string of the molecule is CC1C/C=C(\NCC2CCN(CCCNC3CCCCC3)CC2)N=C(N)C=C1N1CCN(CCN2CCOCC2)CC1. The molecule has 9 nitrogen and oxygen atoms in total. The number of rotatable bonds is 12. The van der Waals surface area contributed by atoms with Crippen molar-refractivity contribution in [2.45, 2.75) is 70.8 Å². The molecular weight excluding hydrogens is 524 g/mol. The minimum atomic E-state index is 0.437. The van der Waals surface area contributed by atoms with Crippen molar-refractivity contribution in [3.8, 4) is 0 Å². The van der Waals surface area contributed by atoms with Gasteiger partial charge in [-0.3, -0.25) is 9.80 Å². The van der Waals surface area contributed by atoms with E-state index in [0.717, 1.165) is 90.4 Å². The first-order valence-electron chi connectivity index (χ1n) is 17.4. The van der Waals surface area contributed by atoms with E-state index in [1.54, 1.807) is 0 Å². The Balaban J connectivity index is 0.984. The van der Waals surface area contributed by atoms with E-state index in [0.29, 0.717) is 17.7 Å². The summed E-state index contributed by atoms with van der Waals surface area (Å²) < 4.78 is 5.49. The highest BCUT2D eigenvalue weighted by Gasteiger charge is 2.24. The van der Waals surface area contributed by atoms with Gasteiger partial charge in [0.1, 0.15) is 11.7 Å². The van der Waals surface area contributed by atoms with Crippen molar-refractivity contribution in [3.63, 3.8) is 0 Å². The molecule has 4 fully saturated rings. The Morgan fingerprint density at radius 1 is 0.857 bits per heavy atom. The number of amidine groups is 1. The standard InChI is InChI=1S/C33H60N8O/c1-28-8-9-33(36-27-29-10-14-38(15-11-29)13-5-12-35-30-6-3-2-4-7-30)37-32(34)26-31(28)41-20-18-39(19-21-41)16-17-40-22-24-42-25-23-40/h9,26,28-30,35-36H,2-8,10-25,27H2,1H3,(H2,34,37)/b31-26?,33-9+. The van der Waals surface area contributed by atoms with Crippen LogP contribution in [0.1, 0.15) is 64.7 Å². The molecule has 1 aliphatic carbocycles. The molecule has 5 aliphatic rings. The zero-order valence-corrected chi connectivity index (χ0v) is 26.6. The summed E-state index contributed by atoms with van der Waals surface area (Å²) in [5, 5.41) is 7.46. The van der Waals surface area contributed by atoms with Crippen LogP contribution >= 0.6 is 0 Å². The monoisotopic (exact) mass is 584 g/mol. The van der Waals surface area contributed by atoms with Crippen molar-refractivity contribution in [2.75, 3.05) is 98.3 Å².